The fourth-order valence-corrected chi connectivity index (χ4v) is 1.91. The van der Waals surface area contributed by atoms with Crippen LogP contribution in [0.3, 0.4) is 0 Å². The van der Waals surface area contributed by atoms with Crippen LogP contribution < -0.4 is 5.32 Å². The second-order valence-corrected chi connectivity index (χ2v) is 4.78. The highest BCUT2D eigenvalue weighted by atomic mass is 16.5. The van der Waals surface area contributed by atoms with Gasteiger partial charge >= 0.3 is 12.0 Å². The third kappa shape index (κ3) is 3.60. The fraction of sp³-hybridized carbons (Fsp3) is 0.833. The van der Waals surface area contributed by atoms with Gasteiger partial charge in [0.15, 0.2) is 0 Å². The summed E-state index contributed by atoms with van der Waals surface area (Å²) in [4.78, 5) is 24.6. The molecule has 0 spiro atoms. The summed E-state index contributed by atoms with van der Waals surface area (Å²) in [6, 6.07) is -1.15. The number of nitrogens with one attached hydrogen (secondary N) is 1. The maximum atomic E-state index is 12.0. The van der Waals surface area contributed by atoms with E-state index in [1.165, 1.54) is 4.90 Å². The average Bonchev–Trinajstić information content (AvgIpc) is 2.87. The number of carboxylic acids is 1. The summed E-state index contributed by atoms with van der Waals surface area (Å²) < 4.78 is 5.21. The Kier molecular flexibility index (Phi) is 5.40. The van der Waals surface area contributed by atoms with Crippen LogP contribution in [-0.2, 0) is 9.53 Å². The predicted octanol–water partition coefficient (Wildman–Crippen LogP) is 0.916. The highest BCUT2D eigenvalue weighted by molar-refractivity contribution is 5.82. The Morgan fingerprint density at radius 1 is 1.56 bits per heavy atom. The van der Waals surface area contributed by atoms with E-state index in [4.69, 9.17) is 9.84 Å². The van der Waals surface area contributed by atoms with E-state index in [0.717, 1.165) is 6.42 Å². The number of carbonyl (C=O) groups excluding carboxylic acids is 1. The number of amides is 2. The predicted molar refractivity (Wildman–Crippen MR) is 66.4 cm³/mol. The number of carbonyl (C=O) groups is 2. The van der Waals surface area contributed by atoms with Crippen molar-refractivity contribution in [2.75, 3.05) is 20.3 Å². The van der Waals surface area contributed by atoms with E-state index in [9.17, 15) is 9.59 Å². The molecule has 104 valence electrons. The van der Waals surface area contributed by atoms with Gasteiger partial charge < -0.3 is 20.1 Å². The maximum Gasteiger partial charge on any atom is 0.326 e. The van der Waals surface area contributed by atoms with Gasteiger partial charge in [-0.25, -0.2) is 9.59 Å². The molecular formula is C12H22N2O4. The van der Waals surface area contributed by atoms with Gasteiger partial charge in [-0.3, -0.25) is 0 Å². The lowest BCUT2D eigenvalue weighted by molar-refractivity contribution is -0.140. The van der Waals surface area contributed by atoms with E-state index in [1.807, 2.05) is 13.8 Å². The molecule has 1 aliphatic heterocycles. The molecule has 0 aromatic rings. The number of hydrogen-bond donors (Lipinski definition) is 2. The highest BCUT2D eigenvalue weighted by Crippen LogP contribution is 2.12. The number of urea groups is 1. The minimum Gasteiger partial charge on any atom is -0.480 e. The first-order valence-electron chi connectivity index (χ1n) is 6.31. The molecule has 0 aromatic heterocycles. The van der Waals surface area contributed by atoms with Gasteiger partial charge in [0.2, 0.25) is 0 Å². The van der Waals surface area contributed by atoms with Crippen LogP contribution in [0, 0.1) is 5.92 Å². The molecule has 3 atom stereocenters. The lowest BCUT2D eigenvalue weighted by Gasteiger charge is -2.27. The maximum absolute atomic E-state index is 12.0. The van der Waals surface area contributed by atoms with Gasteiger partial charge in [0, 0.05) is 13.7 Å². The molecule has 2 N–H and O–H groups in total. The molecule has 0 radical (unpaired) electrons. The van der Waals surface area contributed by atoms with Crippen molar-refractivity contribution in [1.82, 2.24) is 10.2 Å². The number of hydrogen-bond acceptors (Lipinski definition) is 3. The van der Waals surface area contributed by atoms with Crippen molar-refractivity contribution in [3.8, 4) is 0 Å². The molecule has 2 amide bonds. The van der Waals surface area contributed by atoms with E-state index in [1.54, 1.807) is 7.05 Å². The number of carboxylic acid groups (broad SMARTS) is 1. The summed E-state index contributed by atoms with van der Waals surface area (Å²) >= 11 is 0. The molecule has 1 saturated heterocycles. The largest absolute Gasteiger partial charge is 0.480 e. The molecule has 3 unspecified atom stereocenters. The molecule has 1 fully saturated rings. The van der Waals surface area contributed by atoms with Crippen molar-refractivity contribution < 1.29 is 19.4 Å². The summed E-state index contributed by atoms with van der Waals surface area (Å²) in [5.41, 5.74) is 0. The normalized spacial score (nSPS) is 22.3. The molecule has 1 rings (SSSR count). The first-order valence-corrected chi connectivity index (χ1v) is 6.31. The molecule has 18 heavy (non-hydrogen) atoms. The van der Waals surface area contributed by atoms with Crippen molar-refractivity contribution in [2.45, 2.75) is 38.8 Å². The number of likely N-dealkylation sites (N-methyl/N-ethyl adjacent to an activating group) is 1. The zero-order valence-electron chi connectivity index (χ0n) is 11.2. The van der Waals surface area contributed by atoms with Crippen molar-refractivity contribution in [3.05, 3.63) is 0 Å². The summed E-state index contributed by atoms with van der Waals surface area (Å²) in [7, 11) is 1.67. The molecule has 6 heteroatoms. The van der Waals surface area contributed by atoms with Crippen LogP contribution in [0.25, 0.3) is 0 Å². The van der Waals surface area contributed by atoms with Gasteiger partial charge in [0.05, 0.1) is 12.6 Å². The van der Waals surface area contributed by atoms with Gasteiger partial charge in [0.25, 0.3) is 0 Å². The number of aliphatic carboxylic acids is 1. The van der Waals surface area contributed by atoms with E-state index in [2.05, 4.69) is 5.32 Å². The van der Waals surface area contributed by atoms with Crippen molar-refractivity contribution in [2.24, 2.45) is 5.92 Å². The third-order valence-corrected chi connectivity index (χ3v) is 3.53. The molecule has 0 aliphatic carbocycles. The minimum atomic E-state index is -0.992. The highest BCUT2D eigenvalue weighted by Gasteiger charge is 2.29. The first kappa shape index (κ1) is 14.8. The zero-order valence-corrected chi connectivity index (χ0v) is 11.2. The van der Waals surface area contributed by atoms with E-state index in [-0.39, 0.29) is 18.0 Å². The van der Waals surface area contributed by atoms with E-state index >= 15 is 0 Å². The molecule has 6 nitrogen and oxygen atoms in total. The lowest BCUT2D eigenvalue weighted by Crippen LogP contribution is -2.52. The van der Waals surface area contributed by atoms with Crippen molar-refractivity contribution in [3.63, 3.8) is 0 Å². The first-order chi connectivity index (χ1) is 8.47. The van der Waals surface area contributed by atoms with Crippen LogP contribution >= 0.6 is 0 Å². The minimum absolute atomic E-state index is 0.0383. The van der Waals surface area contributed by atoms with Crippen LogP contribution in [0.5, 0.6) is 0 Å². The Morgan fingerprint density at radius 2 is 2.22 bits per heavy atom. The Hall–Kier alpha value is -1.30. The zero-order chi connectivity index (χ0) is 13.7. The Balaban J connectivity index is 2.57. The molecule has 0 bridgehead atoms. The quantitative estimate of drug-likeness (QED) is 0.768. The second-order valence-electron chi connectivity index (χ2n) is 4.78. The number of ether oxygens (including phenoxy) is 1. The van der Waals surface area contributed by atoms with Crippen LogP contribution in [0.2, 0.25) is 0 Å². The monoisotopic (exact) mass is 258 g/mol. The van der Waals surface area contributed by atoms with Crippen LogP contribution in [0.4, 0.5) is 4.79 Å². The molecule has 1 heterocycles. The summed E-state index contributed by atoms with van der Waals surface area (Å²) in [5.74, 6) is -1.09. The van der Waals surface area contributed by atoms with Gasteiger partial charge in [-0.15, -0.1) is 0 Å². The van der Waals surface area contributed by atoms with Gasteiger partial charge in [-0.2, -0.15) is 0 Å². The number of rotatable bonds is 5. The second kappa shape index (κ2) is 6.58. The van der Waals surface area contributed by atoms with E-state index in [0.29, 0.717) is 19.6 Å². The van der Waals surface area contributed by atoms with Crippen LogP contribution in [0.1, 0.15) is 26.7 Å². The summed E-state index contributed by atoms with van der Waals surface area (Å²) in [5, 5.41) is 11.7. The third-order valence-electron chi connectivity index (χ3n) is 3.53. The molecule has 0 saturated carbocycles. The summed E-state index contributed by atoms with van der Waals surface area (Å²) in [6.45, 7) is 4.89. The topological polar surface area (TPSA) is 78.9 Å². The molecule has 1 aliphatic rings. The average molecular weight is 258 g/mol. The van der Waals surface area contributed by atoms with Crippen LogP contribution in [-0.4, -0.2) is 54.4 Å². The Labute approximate surface area is 107 Å². The Morgan fingerprint density at radius 3 is 2.67 bits per heavy atom. The SMILES string of the molecule is CCC(C)C(NC(=O)N(C)C1CCOC1)C(=O)O. The van der Waals surface area contributed by atoms with Gasteiger partial charge in [0.1, 0.15) is 6.04 Å². The van der Waals surface area contributed by atoms with Crippen molar-refractivity contribution >= 4 is 12.0 Å². The van der Waals surface area contributed by atoms with Crippen LogP contribution in [0.15, 0.2) is 0 Å². The number of nitrogens with zero attached hydrogens (tertiary/aromatic N) is 1. The van der Waals surface area contributed by atoms with Gasteiger partial charge in [-0.05, 0) is 12.3 Å². The fourth-order valence-electron chi connectivity index (χ4n) is 1.91. The molecule has 0 aromatic carbocycles. The molecular weight excluding hydrogens is 236 g/mol. The van der Waals surface area contributed by atoms with E-state index < -0.39 is 12.0 Å². The standard InChI is InChI=1S/C12H22N2O4/c1-4-8(2)10(11(15)16)13-12(17)14(3)9-5-6-18-7-9/h8-10H,4-7H2,1-3H3,(H,13,17)(H,15,16). The smallest absolute Gasteiger partial charge is 0.326 e. The Bertz CT molecular complexity index is 302. The lowest BCUT2D eigenvalue weighted by atomic mass is 9.99. The summed E-state index contributed by atoms with van der Waals surface area (Å²) in [6.07, 6.45) is 1.50. The van der Waals surface area contributed by atoms with Gasteiger partial charge in [-0.1, -0.05) is 20.3 Å². The van der Waals surface area contributed by atoms with Crippen molar-refractivity contribution in [1.29, 1.82) is 0 Å².